The number of thiazole rings is 1. The Hall–Kier alpha value is -2.74. The minimum Gasteiger partial charge on any atom is -0.465 e. The highest BCUT2D eigenvalue weighted by atomic mass is 32.1. The number of nitrogens with zero attached hydrogens (tertiary/aromatic N) is 3. The number of hydrogen-bond acceptors (Lipinski definition) is 5. The first-order valence-electron chi connectivity index (χ1n) is 9.62. The topological polar surface area (TPSA) is 90.8 Å². The van der Waals surface area contributed by atoms with Gasteiger partial charge in [-0.15, -0.1) is 11.3 Å². The summed E-state index contributed by atoms with van der Waals surface area (Å²) in [6.07, 6.45) is 0.379. The number of amides is 4. The molecule has 7 nitrogen and oxygen atoms in total. The third-order valence-corrected chi connectivity index (χ3v) is 5.31. The summed E-state index contributed by atoms with van der Waals surface area (Å²) in [4.78, 5) is 43.5. The summed E-state index contributed by atoms with van der Waals surface area (Å²) >= 11 is 1.15. The molecule has 1 N–H and O–H groups in total. The lowest BCUT2D eigenvalue weighted by Crippen LogP contribution is -2.49. The Morgan fingerprint density at radius 3 is 2.34 bits per heavy atom. The molecule has 0 atom stereocenters. The fraction of sp³-hybridized carbons (Fsp3) is 0.429. The van der Waals surface area contributed by atoms with Crippen molar-refractivity contribution in [3.05, 3.63) is 52.0 Å². The number of carbonyl (C=O) groups excluding carboxylic acids is 2. The monoisotopic (exact) mass is 417 g/mol. The molecule has 0 fully saturated rings. The van der Waals surface area contributed by atoms with Crippen molar-refractivity contribution in [2.45, 2.75) is 40.0 Å². The molecule has 0 bridgehead atoms. The van der Waals surface area contributed by atoms with E-state index in [1.807, 2.05) is 44.2 Å². The van der Waals surface area contributed by atoms with E-state index in [9.17, 15) is 19.5 Å². The first-order valence-corrected chi connectivity index (χ1v) is 10.5. The van der Waals surface area contributed by atoms with Crippen molar-refractivity contribution in [2.24, 2.45) is 5.92 Å². The van der Waals surface area contributed by atoms with Gasteiger partial charge in [-0.25, -0.2) is 19.5 Å². The van der Waals surface area contributed by atoms with Crippen LogP contribution >= 0.6 is 11.3 Å². The van der Waals surface area contributed by atoms with Gasteiger partial charge in [0.2, 0.25) is 0 Å². The highest BCUT2D eigenvalue weighted by Gasteiger charge is 2.32. The van der Waals surface area contributed by atoms with Crippen LogP contribution in [0.4, 0.5) is 9.59 Å². The van der Waals surface area contributed by atoms with Crippen molar-refractivity contribution in [1.29, 1.82) is 0 Å². The Bertz CT molecular complexity index is 835. The number of carboxylic acid groups (broad SMARTS) is 1. The van der Waals surface area contributed by atoms with E-state index in [1.54, 1.807) is 12.3 Å². The number of rotatable bonds is 8. The molecule has 29 heavy (non-hydrogen) atoms. The number of hydrogen-bond donors (Lipinski definition) is 1. The number of carbonyl (C=O) groups is 3. The molecule has 0 saturated heterocycles. The van der Waals surface area contributed by atoms with Gasteiger partial charge in [0.25, 0.3) is 5.91 Å². The molecule has 8 heteroatoms. The van der Waals surface area contributed by atoms with Crippen molar-refractivity contribution in [2.75, 3.05) is 13.1 Å². The second kappa shape index (κ2) is 10.7. The minimum absolute atomic E-state index is 0.0468. The lowest BCUT2D eigenvalue weighted by molar-refractivity contribution is 0.0751. The van der Waals surface area contributed by atoms with Crippen molar-refractivity contribution in [3.8, 4) is 0 Å². The van der Waals surface area contributed by atoms with Crippen LogP contribution in [-0.2, 0) is 6.42 Å². The number of aromatic nitrogens is 1. The molecule has 1 aromatic heterocycles. The van der Waals surface area contributed by atoms with E-state index >= 15 is 0 Å². The van der Waals surface area contributed by atoms with Gasteiger partial charge in [0.1, 0.15) is 0 Å². The summed E-state index contributed by atoms with van der Waals surface area (Å²) < 4.78 is 0. The van der Waals surface area contributed by atoms with Gasteiger partial charge in [0, 0.05) is 24.2 Å². The van der Waals surface area contributed by atoms with E-state index < -0.39 is 18.0 Å². The van der Waals surface area contributed by atoms with E-state index in [2.05, 4.69) is 4.98 Å². The summed E-state index contributed by atoms with van der Waals surface area (Å²) in [6, 6.07) is 8.92. The standard InChI is InChI=1S/C21H27N3O4S/c1-15(2)11-13-24(21(27)28)20(26)23(19(25)18-22-16(3)14-29-18)12-7-10-17-8-5-4-6-9-17/h4-6,8-9,14-15H,7,10-13H2,1-3H3,(H,27,28). The van der Waals surface area contributed by atoms with Gasteiger partial charge in [0.15, 0.2) is 5.01 Å². The van der Waals surface area contributed by atoms with Gasteiger partial charge in [-0.05, 0) is 37.7 Å². The zero-order chi connectivity index (χ0) is 21.4. The maximum absolute atomic E-state index is 13.0. The molecule has 4 amide bonds. The van der Waals surface area contributed by atoms with Crippen molar-refractivity contribution >= 4 is 29.4 Å². The molecule has 0 radical (unpaired) electrons. The average molecular weight is 418 g/mol. The van der Waals surface area contributed by atoms with Gasteiger partial charge >= 0.3 is 12.1 Å². The molecule has 0 aliphatic heterocycles. The molecule has 0 unspecified atom stereocenters. The molecule has 156 valence electrons. The molecule has 2 aromatic rings. The molecule has 0 aliphatic carbocycles. The average Bonchev–Trinajstić information content (AvgIpc) is 3.11. The summed E-state index contributed by atoms with van der Waals surface area (Å²) in [7, 11) is 0. The Balaban J connectivity index is 2.18. The predicted octanol–water partition coefficient (Wildman–Crippen LogP) is 4.67. The van der Waals surface area contributed by atoms with Crippen molar-refractivity contribution in [3.63, 3.8) is 0 Å². The maximum atomic E-state index is 13.0. The van der Waals surface area contributed by atoms with Crippen LogP contribution in [-0.4, -0.2) is 51.0 Å². The van der Waals surface area contributed by atoms with Gasteiger partial charge in [-0.1, -0.05) is 44.2 Å². The number of urea groups is 1. The van der Waals surface area contributed by atoms with E-state index in [4.69, 9.17) is 0 Å². The molecular weight excluding hydrogens is 390 g/mol. The Kier molecular flexibility index (Phi) is 8.33. The van der Waals surface area contributed by atoms with Crippen LogP contribution < -0.4 is 0 Å². The molecule has 0 saturated carbocycles. The van der Waals surface area contributed by atoms with Gasteiger partial charge in [-0.2, -0.15) is 0 Å². The second-order valence-electron chi connectivity index (χ2n) is 7.24. The highest BCUT2D eigenvalue weighted by Crippen LogP contribution is 2.16. The first kappa shape index (κ1) is 22.5. The lowest BCUT2D eigenvalue weighted by Gasteiger charge is -2.26. The first-order chi connectivity index (χ1) is 13.8. The number of imide groups is 2. The zero-order valence-electron chi connectivity index (χ0n) is 17.0. The van der Waals surface area contributed by atoms with E-state index in [1.165, 1.54) is 0 Å². The highest BCUT2D eigenvalue weighted by molar-refractivity contribution is 7.11. The number of benzene rings is 1. The van der Waals surface area contributed by atoms with Crippen LogP contribution in [0.1, 0.15) is 47.7 Å². The molecule has 2 rings (SSSR count). The molecule has 1 heterocycles. The molecule has 0 spiro atoms. The summed E-state index contributed by atoms with van der Waals surface area (Å²) in [5, 5.41) is 11.4. The fourth-order valence-electron chi connectivity index (χ4n) is 2.74. The van der Waals surface area contributed by atoms with E-state index in [0.717, 1.165) is 26.7 Å². The van der Waals surface area contributed by atoms with Gasteiger partial charge in [0.05, 0.1) is 0 Å². The third-order valence-electron chi connectivity index (χ3n) is 4.36. The fourth-order valence-corrected chi connectivity index (χ4v) is 3.49. The summed E-state index contributed by atoms with van der Waals surface area (Å²) in [5.74, 6) is -0.328. The van der Waals surface area contributed by atoms with Crippen LogP contribution in [0, 0.1) is 12.8 Å². The normalized spacial score (nSPS) is 10.8. The number of aryl methyl sites for hydroxylation is 2. The second-order valence-corrected chi connectivity index (χ2v) is 8.10. The quantitative estimate of drug-likeness (QED) is 0.674. The minimum atomic E-state index is -1.35. The van der Waals surface area contributed by atoms with Crippen LogP contribution in [0.3, 0.4) is 0 Å². The molecule has 1 aromatic carbocycles. The smallest absolute Gasteiger partial charge is 0.415 e. The zero-order valence-corrected chi connectivity index (χ0v) is 17.8. The van der Waals surface area contributed by atoms with Gasteiger partial charge in [-0.3, -0.25) is 9.69 Å². The summed E-state index contributed by atoms with van der Waals surface area (Å²) in [5.41, 5.74) is 1.78. The Morgan fingerprint density at radius 2 is 1.79 bits per heavy atom. The molecule has 0 aliphatic rings. The SMILES string of the molecule is Cc1csc(C(=O)N(CCCc2ccccc2)C(=O)N(CCC(C)C)C(=O)O)n1. The predicted molar refractivity (Wildman–Crippen MR) is 112 cm³/mol. The van der Waals surface area contributed by atoms with E-state index in [0.29, 0.717) is 25.0 Å². The van der Waals surface area contributed by atoms with Crippen LogP contribution in [0.15, 0.2) is 35.7 Å². The van der Waals surface area contributed by atoms with Crippen molar-refractivity contribution in [1.82, 2.24) is 14.8 Å². The molecular formula is C21H27N3O4S. The van der Waals surface area contributed by atoms with E-state index in [-0.39, 0.29) is 24.0 Å². The lowest BCUT2D eigenvalue weighted by atomic mass is 10.1. The van der Waals surface area contributed by atoms with Crippen LogP contribution in [0.2, 0.25) is 0 Å². The Labute approximate surface area is 175 Å². The maximum Gasteiger partial charge on any atom is 0.415 e. The van der Waals surface area contributed by atoms with Crippen LogP contribution in [0.25, 0.3) is 0 Å². The van der Waals surface area contributed by atoms with Gasteiger partial charge < -0.3 is 5.11 Å². The third kappa shape index (κ3) is 6.67. The van der Waals surface area contributed by atoms with Crippen molar-refractivity contribution < 1.29 is 19.5 Å². The van der Waals surface area contributed by atoms with Crippen LogP contribution in [0.5, 0.6) is 0 Å². The largest absolute Gasteiger partial charge is 0.465 e. The Morgan fingerprint density at radius 1 is 1.10 bits per heavy atom. The summed E-state index contributed by atoms with van der Waals surface area (Å²) in [6.45, 7) is 5.83.